The van der Waals surface area contributed by atoms with Crippen molar-refractivity contribution in [2.45, 2.75) is 32.9 Å². The summed E-state index contributed by atoms with van der Waals surface area (Å²) in [5, 5.41) is 10.1. The Kier molecular flexibility index (Phi) is 4.98. The number of amides is 1. The molecule has 16 heavy (non-hydrogen) atoms. The van der Waals surface area contributed by atoms with Gasteiger partial charge < -0.3 is 10.6 Å². The summed E-state index contributed by atoms with van der Waals surface area (Å²) in [7, 11) is 1.86. The van der Waals surface area contributed by atoms with Crippen molar-refractivity contribution in [2.24, 2.45) is 7.05 Å². The van der Waals surface area contributed by atoms with E-state index < -0.39 is 0 Å². The van der Waals surface area contributed by atoms with E-state index in [0.717, 1.165) is 12.1 Å². The molecule has 1 aromatic heterocycles. The quantitative estimate of drug-likeness (QED) is 0.736. The molecule has 2 N–H and O–H groups in total. The Labute approximate surface area is 96.2 Å². The lowest BCUT2D eigenvalue weighted by Crippen LogP contribution is -2.33. The third-order valence-electron chi connectivity index (χ3n) is 2.29. The molecule has 0 radical (unpaired) electrons. The van der Waals surface area contributed by atoms with Gasteiger partial charge in [-0.1, -0.05) is 6.92 Å². The van der Waals surface area contributed by atoms with E-state index in [1.54, 1.807) is 10.9 Å². The molecule has 0 aliphatic carbocycles. The normalized spacial score (nSPS) is 12.4. The number of hydrogen-bond donors (Lipinski definition) is 2. The maximum atomic E-state index is 11.5. The van der Waals surface area contributed by atoms with Crippen molar-refractivity contribution in [1.29, 1.82) is 0 Å². The van der Waals surface area contributed by atoms with Crippen LogP contribution in [0.25, 0.3) is 0 Å². The highest BCUT2D eigenvalue weighted by molar-refractivity contribution is 5.76. The highest BCUT2D eigenvalue weighted by atomic mass is 16.1. The van der Waals surface area contributed by atoms with Gasteiger partial charge in [0.15, 0.2) is 0 Å². The fourth-order valence-corrected chi connectivity index (χ4v) is 1.53. The molecule has 1 rings (SSSR count). The Bertz CT molecular complexity index is 334. The largest absolute Gasteiger partial charge is 0.352 e. The molecule has 0 aromatic carbocycles. The van der Waals surface area contributed by atoms with Crippen molar-refractivity contribution in [3.05, 3.63) is 18.0 Å². The van der Waals surface area contributed by atoms with Crippen molar-refractivity contribution in [1.82, 2.24) is 20.4 Å². The van der Waals surface area contributed by atoms with E-state index >= 15 is 0 Å². The first-order chi connectivity index (χ1) is 7.61. The van der Waals surface area contributed by atoms with E-state index in [4.69, 9.17) is 0 Å². The van der Waals surface area contributed by atoms with Gasteiger partial charge >= 0.3 is 0 Å². The topological polar surface area (TPSA) is 59.0 Å². The van der Waals surface area contributed by atoms with Crippen LogP contribution >= 0.6 is 0 Å². The van der Waals surface area contributed by atoms with Gasteiger partial charge in [-0.15, -0.1) is 0 Å². The number of nitrogens with one attached hydrogen (secondary N) is 2. The van der Waals surface area contributed by atoms with Gasteiger partial charge in [-0.2, -0.15) is 5.10 Å². The van der Waals surface area contributed by atoms with Crippen LogP contribution in [0, 0.1) is 0 Å². The number of carbonyl (C=O) groups is 1. The number of rotatable bonds is 6. The summed E-state index contributed by atoms with van der Waals surface area (Å²) in [5.41, 5.74) is 1.02. The van der Waals surface area contributed by atoms with Gasteiger partial charge in [0.05, 0.1) is 6.20 Å². The summed E-state index contributed by atoms with van der Waals surface area (Å²) in [4.78, 5) is 11.5. The molecule has 0 saturated carbocycles. The summed E-state index contributed by atoms with van der Waals surface area (Å²) >= 11 is 0. The number of aryl methyl sites for hydroxylation is 1. The van der Waals surface area contributed by atoms with E-state index in [2.05, 4.69) is 15.7 Å². The second kappa shape index (κ2) is 6.27. The molecule has 0 aliphatic rings. The lowest BCUT2D eigenvalue weighted by molar-refractivity contribution is -0.121. The first-order valence-corrected chi connectivity index (χ1v) is 5.59. The van der Waals surface area contributed by atoms with Crippen LogP contribution < -0.4 is 10.6 Å². The molecule has 1 unspecified atom stereocenters. The lowest BCUT2D eigenvalue weighted by Gasteiger charge is -2.11. The van der Waals surface area contributed by atoms with Crippen LogP contribution in [0.2, 0.25) is 0 Å². The molecule has 0 aliphatic heterocycles. The first kappa shape index (κ1) is 12.7. The molecule has 0 spiro atoms. The predicted molar refractivity (Wildman–Crippen MR) is 62.8 cm³/mol. The second-order valence-corrected chi connectivity index (χ2v) is 3.96. The summed E-state index contributed by atoms with van der Waals surface area (Å²) in [6, 6.07) is 0.221. The highest BCUT2D eigenvalue weighted by Crippen LogP contribution is 1.96. The Morgan fingerprint density at radius 3 is 2.94 bits per heavy atom. The van der Waals surface area contributed by atoms with Crippen molar-refractivity contribution >= 4 is 5.91 Å². The van der Waals surface area contributed by atoms with Gasteiger partial charge in [0.1, 0.15) is 0 Å². The summed E-state index contributed by atoms with van der Waals surface area (Å²) in [6.07, 6.45) is 4.16. The minimum Gasteiger partial charge on any atom is -0.352 e. The monoisotopic (exact) mass is 224 g/mol. The molecule has 1 atom stereocenters. The summed E-state index contributed by atoms with van der Waals surface area (Å²) < 4.78 is 1.72. The highest BCUT2D eigenvalue weighted by Gasteiger charge is 2.07. The van der Waals surface area contributed by atoms with Gasteiger partial charge in [-0.3, -0.25) is 9.48 Å². The summed E-state index contributed by atoms with van der Waals surface area (Å²) in [5.74, 6) is 0.0669. The van der Waals surface area contributed by atoms with Gasteiger partial charge in [0, 0.05) is 37.8 Å². The molecular formula is C11H20N4O. The summed E-state index contributed by atoms with van der Waals surface area (Å²) in [6.45, 7) is 5.47. The molecule has 5 heteroatoms. The molecule has 0 fully saturated rings. The first-order valence-electron chi connectivity index (χ1n) is 5.59. The van der Waals surface area contributed by atoms with E-state index in [0.29, 0.717) is 13.0 Å². The van der Waals surface area contributed by atoms with Gasteiger partial charge in [0.2, 0.25) is 5.91 Å². The molecule has 0 saturated heterocycles. The average molecular weight is 224 g/mol. The molecule has 1 amide bonds. The van der Waals surface area contributed by atoms with Crippen molar-refractivity contribution in [3.8, 4) is 0 Å². The number of nitrogens with zero attached hydrogens (tertiary/aromatic N) is 2. The maximum Gasteiger partial charge on any atom is 0.221 e. The van der Waals surface area contributed by atoms with Crippen molar-refractivity contribution in [3.63, 3.8) is 0 Å². The second-order valence-electron chi connectivity index (χ2n) is 3.96. The fraction of sp³-hybridized carbons (Fsp3) is 0.636. The van der Waals surface area contributed by atoms with Crippen molar-refractivity contribution in [2.75, 3.05) is 6.54 Å². The van der Waals surface area contributed by atoms with E-state index in [-0.39, 0.29) is 11.9 Å². The van der Waals surface area contributed by atoms with Crippen LogP contribution in [0.1, 0.15) is 25.8 Å². The Hall–Kier alpha value is -1.36. The molecule has 1 aromatic rings. The Balaban J connectivity index is 2.25. The SMILES string of the molecule is CCNC(C)CC(=O)NCc1cnn(C)c1. The third kappa shape index (κ3) is 4.44. The Morgan fingerprint density at radius 1 is 1.62 bits per heavy atom. The average Bonchev–Trinajstić information content (AvgIpc) is 2.61. The number of aromatic nitrogens is 2. The van der Waals surface area contributed by atoms with Gasteiger partial charge in [-0.05, 0) is 13.5 Å². The van der Waals surface area contributed by atoms with E-state index in [1.807, 2.05) is 27.1 Å². The van der Waals surface area contributed by atoms with Crippen LogP contribution in [0.3, 0.4) is 0 Å². The maximum absolute atomic E-state index is 11.5. The zero-order chi connectivity index (χ0) is 12.0. The van der Waals surface area contributed by atoms with Crippen molar-refractivity contribution < 1.29 is 4.79 Å². The number of carbonyl (C=O) groups excluding carboxylic acids is 1. The standard InChI is InChI=1S/C11H20N4O/c1-4-12-9(2)5-11(16)13-6-10-7-14-15(3)8-10/h7-9,12H,4-6H2,1-3H3,(H,13,16). The molecule has 0 bridgehead atoms. The smallest absolute Gasteiger partial charge is 0.221 e. The molecular weight excluding hydrogens is 204 g/mol. The lowest BCUT2D eigenvalue weighted by atomic mass is 10.2. The minimum atomic E-state index is 0.0669. The van der Waals surface area contributed by atoms with Gasteiger partial charge in [0.25, 0.3) is 0 Å². The zero-order valence-electron chi connectivity index (χ0n) is 10.2. The fourth-order valence-electron chi connectivity index (χ4n) is 1.53. The predicted octanol–water partition coefficient (Wildman–Crippen LogP) is 0.424. The third-order valence-corrected chi connectivity index (χ3v) is 2.29. The van der Waals surface area contributed by atoms with Crippen LogP contribution in [0.5, 0.6) is 0 Å². The van der Waals surface area contributed by atoms with Crippen LogP contribution in [0.4, 0.5) is 0 Å². The van der Waals surface area contributed by atoms with Crippen LogP contribution in [0.15, 0.2) is 12.4 Å². The molecule has 5 nitrogen and oxygen atoms in total. The van der Waals surface area contributed by atoms with Crippen LogP contribution in [-0.4, -0.2) is 28.3 Å². The van der Waals surface area contributed by atoms with Crippen LogP contribution in [-0.2, 0) is 18.4 Å². The van der Waals surface area contributed by atoms with E-state index in [9.17, 15) is 4.79 Å². The Morgan fingerprint density at radius 2 is 2.38 bits per heavy atom. The van der Waals surface area contributed by atoms with E-state index in [1.165, 1.54) is 0 Å². The zero-order valence-corrected chi connectivity index (χ0v) is 10.2. The number of hydrogen-bond acceptors (Lipinski definition) is 3. The molecule has 1 heterocycles. The van der Waals surface area contributed by atoms with Gasteiger partial charge in [-0.25, -0.2) is 0 Å². The molecule has 90 valence electrons. The minimum absolute atomic E-state index is 0.0669.